The van der Waals surface area contributed by atoms with Crippen LogP contribution in [0.25, 0.3) is 0 Å². The van der Waals surface area contributed by atoms with Crippen molar-refractivity contribution in [3.05, 3.63) is 16.7 Å². The molecule has 1 saturated carbocycles. The van der Waals surface area contributed by atoms with Gasteiger partial charge in [-0.1, -0.05) is 27.2 Å². The monoisotopic (exact) mass is 390 g/mol. The van der Waals surface area contributed by atoms with E-state index >= 15 is 0 Å². The summed E-state index contributed by atoms with van der Waals surface area (Å²) < 4.78 is 17.3. The second-order valence-corrected chi connectivity index (χ2v) is 9.12. The van der Waals surface area contributed by atoms with Gasteiger partial charge in [0, 0.05) is 35.5 Å². The van der Waals surface area contributed by atoms with Gasteiger partial charge in [-0.05, 0) is 24.7 Å². The molecule has 2 bridgehead atoms. The van der Waals surface area contributed by atoms with Crippen molar-refractivity contribution >= 4 is 5.78 Å². The van der Waals surface area contributed by atoms with Crippen LogP contribution < -0.4 is 4.74 Å². The lowest BCUT2D eigenvalue weighted by atomic mass is 9.47. The Hall–Kier alpha value is -1.79. The van der Waals surface area contributed by atoms with Gasteiger partial charge in [-0.2, -0.15) is 0 Å². The number of ketones is 1. The van der Waals surface area contributed by atoms with Crippen LogP contribution in [0.2, 0.25) is 0 Å². The summed E-state index contributed by atoms with van der Waals surface area (Å²) in [5.74, 6) is -0.0777. The maximum Gasteiger partial charge on any atom is 0.167 e. The minimum atomic E-state index is -0.532. The smallest absolute Gasteiger partial charge is 0.167 e. The molecule has 1 heterocycles. The number of benzene rings is 1. The topological polar surface area (TPSA) is 85.2 Å². The van der Waals surface area contributed by atoms with E-state index < -0.39 is 5.41 Å². The van der Waals surface area contributed by atoms with E-state index in [1.807, 2.05) is 13.8 Å². The Morgan fingerprint density at radius 3 is 2.50 bits per heavy atom. The zero-order chi connectivity index (χ0) is 20.4. The third kappa shape index (κ3) is 2.25. The molecule has 4 atom stereocenters. The van der Waals surface area contributed by atoms with Gasteiger partial charge in [0.15, 0.2) is 23.6 Å². The van der Waals surface area contributed by atoms with E-state index in [0.717, 1.165) is 19.3 Å². The fourth-order valence-corrected chi connectivity index (χ4v) is 6.28. The predicted molar refractivity (Wildman–Crippen MR) is 103 cm³/mol. The minimum absolute atomic E-state index is 0.0210. The van der Waals surface area contributed by atoms with Crippen molar-refractivity contribution in [3.63, 3.8) is 0 Å². The summed E-state index contributed by atoms with van der Waals surface area (Å²) >= 11 is 0. The van der Waals surface area contributed by atoms with Crippen LogP contribution in [0.1, 0.15) is 73.9 Å². The van der Waals surface area contributed by atoms with Crippen molar-refractivity contribution in [2.24, 2.45) is 11.3 Å². The molecule has 1 aliphatic heterocycles. The molecule has 4 rings (SSSR count). The van der Waals surface area contributed by atoms with E-state index in [0.29, 0.717) is 24.2 Å². The maximum atomic E-state index is 13.3. The van der Waals surface area contributed by atoms with E-state index in [4.69, 9.17) is 14.2 Å². The quantitative estimate of drug-likeness (QED) is 0.762. The Morgan fingerprint density at radius 2 is 1.89 bits per heavy atom. The number of carbonyl (C=O) groups is 1. The molecule has 6 heteroatoms. The number of aromatic hydroxyl groups is 2. The molecule has 28 heavy (non-hydrogen) atoms. The van der Waals surface area contributed by atoms with Crippen LogP contribution in [-0.4, -0.2) is 43.1 Å². The lowest BCUT2D eigenvalue weighted by Crippen LogP contribution is -2.63. The molecular formula is C22H30O6. The number of ether oxygens (including phenoxy) is 3. The average Bonchev–Trinajstić information content (AvgIpc) is 2.63. The zero-order valence-electron chi connectivity index (χ0n) is 17.3. The first-order valence-corrected chi connectivity index (χ1v) is 10.1. The molecule has 0 radical (unpaired) electrons. The van der Waals surface area contributed by atoms with Gasteiger partial charge >= 0.3 is 0 Å². The lowest BCUT2D eigenvalue weighted by molar-refractivity contribution is -0.274. The SMILES string of the molecule is COc1c(O)c2c(c(O)c1C(C)C)C(=O)CC1C23CCC[C@@]1(C)C(OC)OC3. The van der Waals surface area contributed by atoms with E-state index in [2.05, 4.69) is 6.92 Å². The van der Waals surface area contributed by atoms with Crippen LogP contribution in [0.4, 0.5) is 0 Å². The molecule has 0 aromatic heterocycles. The highest BCUT2D eigenvalue weighted by molar-refractivity contribution is 6.04. The molecule has 3 aliphatic rings. The lowest BCUT2D eigenvalue weighted by Gasteiger charge is -2.61. The third-order valence-electron chi connectivity index (χ3n) is 7.43. The molecule has 2 aliphatic carbocycles. The largest absolute Gasteiger partial charge is 0.507 e. The molecule has 0 spiro atoms. The van der Waals surface area contributed by atoms with Crippen molar-refractivity contribution < 1.29 is 29.2 Å². The van der Waals surface area contributed by atoms with Gasteiger partial charge in [0.1, 0.15) is 5.75 Å². The molecular weight excluding hydrogens is 360 g/mol. The molecule has 0 amide bonds. The number of hydrogen-bond donors (Lipinski definition) is 2. The first-order valence-electron chi connectivity index (χ1n) is 10.1. The van der Waals surface area contributed by atoms with Gasteiger partial charge in [-0.25, -0.2) is 0 Å². The van der Waals surface area contributed by atoms with Gasteiger partial charge in [0.05, 0.1) is 19.3 Å². The fraction of sp³-hybridized carbons (Fsp3) is 0.682. The number of phenolic OH excluding ortho intramolecular Hbond substituents is 2. The second kappa shape index (κ2) is 6.36. The molecule has 1 aromatic carbocycles. The van der Waals surface area contributed by atoms with Crippen LogP contribution in [0.5, 0.6) is 17.2 Å². The summed E-state index contributed by atoms with van der Waals surface area (Å²) in [7, 11) is 3.12. The number of methoxy groups -OCH3 is 2. The summed E-state index contributed by atoms with van der Waals surface area (Å²) in [6, 6.07) is 0. The highest BCUT2D eigenvalue weighted by Gasteiger charge is 2.64. The van der Waals surface area contributed by atoms with Crippen molar-refractivity contribution in [1.82, 2.24) is 0 Å². The van der Waals surface area contributed by atoms with Gasteiger partial charge in [-0.3, -0.25) is 4.79 Å². The highest BCUT2D eigenvalue weighted by Crippen LogP contribution is 2.65. The molecule has 2 N–H and O–H groups in total. The number of hydrogen-bond acceptors (Lipinski definition) is 6. The normalized spacial score (nSPS) is 34.1. The molecule has 154 valence electrons. The van der Waals surface area contributed by atoms with E-state index in [9.17, 15) is 15.0 Å². The molecule has 1 aromatic rings. The Labute approximate surface area is 165 Å². The predicted octanol–water partition coefficient (Wildman–Crippen LogP) is 3.86. The van der Waals surface area contributed by atoms with Crippen molar-refractivity contribution in [2.45, 2.75) is 64.1 Å². The van der Waals surface area contributed by atoms with Gasteiger partial charge in [0.2, 0.25) is 0 Å². The second-order valence-electron chi connectivity index (χ2n) is 9.12. The number of fused-ring (bicyclic) bond motifs is 1. The van der Waals surface area contributed by atoms with Gasteiger partial charge in [-0.15, -0.1) is 0 Å². The standard InChI is InChI=1S/C22H30O6/c1-11(2)14-17(24)15-12(23)9-13-21(3)7-6-8-22(13,10-28-20(21)27-5)16(15)18(25)19(14)26-4/h11,13,20,24-25H,6-10H2,1-5H3/t13?,20?,21-,22?/m1/s1. The molecule has 6 nitrogen and oxygen atoms in total. The summed E-state index contributed by atoms with van der Waals surface area (Å²) in [4.78, 5) is 13.3. The van der Waals surface area contributed by atoms with Crippen LogP contribution in [0, 0.1) is 11.3 Å². The third-order valence-corrected chi connectivity index (χ3v) is 7.43. The first kappa shape index (κ1) is 19.5. The molecule has 3 unspecified atom stereocenters. The Bertz CT molecular complexity index is 831. The number of Topliss-reactive ketones (excluding diaryl/α,β-unsaturated/α-hetero) is 1. The van der Waals surface area contributed by atoms with Crippen LogP contribution in [0.3, 0.4) is 0 Å². The minimum Gasteiger partial charge on any atom is -0.507 e. The summed E-state index contributed by atoms with van der Waals surface area (Å²) in [6.07, 6.45) is 2.57. The van der Waals surface area contributed by atoms with Gasteiger partial charge < -0.3 is 24.4 Å². The van der Waals surface area contributed by atoms with Gasteiger partial charge in [0.25, 0.3) is 0 Å². The van der Waals surface area contributed by atoms with Crippen LogP contribution in [0.15, 0.2) is 0 Å². The van der Waals surface area contributed by atoms with E-state index in [-0.39, 0.29) is 52.1 Å². The first-order chi connectivity index (χ1) is 13.2. The molecule has 2 fully saturated rings. The summed E-state index contributed by atoms with van der Waals surface area (Å²) in [6.45, 7) is 6.28. The summed E-state index contributed by atoms with van der Waals surface area (Å²) in [5.41, 5.74) is 0.377. The van der Waals surface area contributed by atoms with E-state index in [1.54, 1.807) is 7.11 Å². The van der Waals surface area contributed by atoms with Crippen LogP contribution in [-0.2, 0) is 14.9 Å². The van der Waals surface area contributed by atoms with Crippen molar-refractivity contribution in [2.75, 3.05) is 20.8 Å². The Morgan fingerprint density at radius 1 is 1.18 bits per heavy atom. The average molecular weight is 390 g/mol. The highest BCUT2D eigenvalue weighted by atomic mass is 16.7. The fourth-order valence-electron chi connectivity index (χ4n) is 6.28. The van der Waals surface area contributed by atoms with Crippen molar-refractivity contribution in [3.8, 4) is 17.2 Å². The zero-order valence-corrected chi connectivity index (χ0v) is 17.3. The Kier molecular flexibility index (Phi) is 4.43. The number of rotatable bonds is 3. The summed E-state index contributed by atoms with van der Waals surface area (Å²) in [5, 5.41) is 22.4. The number of phenols is 2. The Balaban J connectivity index is 2.03. The van der Waals surface area contributed by atoms with E-state index in [1.165, 1.54) is 7.11 Å². The van der Waals surface area contributed by atoms with Crippen molar-refractivity contribution in [1.29, 1.82) is 0 Å². The number of carbonyl (C=O) groups excluding carboxylic acids is 1. The van der Waals surface area contributed by atoms with Crippen LogP contribution >= 0.6 is 0 Å². The molecule has 1 saturated heterocycles. The maximum absolute atomic E-state index is 13.3.